The molecule has 4 nitrogen and oxygen atoms in total. The van der Waals surface area contributed by atoms with Gasteiger partial charge in [0.25, 0.3) is 0 Å². The number of rotatable bonds is 5. The summed E-state index contributed by atoms with van der Waals surface area (Å²) in [6.07, 6.45) is 8.78. The van der Waals surface area contributed by atoms with Crippen LogP contribution in [0.1, 0.15) is 56.4 Å². The van der Waals surface area contributed by atoms with Crippen molar-refractivity contribution in [3.63, 3.8) is 0 Å². The molecule has 138 valence electrons. The Hall–Kier alpha value is -1.55. The van der Waals surface area contributed by atoms with Gasteiger partial charge in [0.1, 0.15) is 5.75 Å². The van der Waals surface area contributed by atoms with Crippen molar-refractivity contribution in [2.75, 3.05) is 33.2 Å². The second kappa shape index (κ2) is 8.70. The van der Waals surface area contributed by atoms with Crippen LogP contribution in [0.25, 0.3) is 0 Å². The van der Waals surface area contributed by atoms with E-state index in [4.69, 9.17) is 0 Å². The van der Waals surface area contributed by atoms with Gasteiger partial charge in [0.15, 0.2) is 0 Å². The van der Waals surface area contributed by atoms with Crippen molar-refractivity contribution in [2.45, 2.75) is 50.9 Å². The van der Waals surface area contributed by atoms with Crippen LogP contribution in [0.5, 0.6) is 5.75 Å². The summed E-state index contributed by atoms with van der Waals surface area (Å²) in [6.45, 7) is 3.46. The van der Waals surface area contributed by atoms with Crippen molar-refractivity contribution in [2.24, 2.45) is 5.92 Å². The van der Waals surface area contributed by atoms with E-state index in [0.29, 0.717) is 24.1 Å². The molecule has 1 saturated heterocycles. The number of benzene rings is 1. The Morgan fingerprint density at radius 2 is 1.72 bits per heavy atom. The van der Waals surface area contributed by atoms with Crippen LogP contribution >= 0.6 is 0 Å². The molecule has 0 radical (unpaired) electrons. The molecule has 1 aromatic carbocycles. The minimum atomic E-state index is 0.272. The Balaban J connectivity index is 1.41. The third kappa shape index (κ3) is 5.21. The van der Waals surface area contributed by atoms with E-state index < -0.39 is 0 Å². The molecule has 0 spiro atoms. The molecule has 1 amide bonds. The quantitative estimate of drug-likeness (QED) is 0.887. The molecule has 0 bridgehead atoms. The highest BCUT2D eigenvalue weighted by molar-refractivity contribution is 5.78. The number of aromatic hydroxyl groups is 1. The predicted octanol–water partition coefficient (Wildman–Crippen LogP) is 3.61. The van der Waals surface area contributed by atoms with Gasteiger partial charge in [-0.25, -0.2) is 0 Å². The summed E-state index contributed by atoms with van der Waals surface area (Å²) in [5.74, 6) is 1.86. The number of hydrogen-bond acceptors (Lipinski definition) is 3. The lowest BCUT2D eigenvalue weighted by Gasteiger charge is -2.33. The second-order valence-corrected chi connectivity index (χ2v) is 7.92. The maximum absolute atomic E-state index is 12.5. The molecule has 2 aliphatic rings. The van der Waals surface area contributed by atoms with Crippen molar-refractivity contribution in [3.8, 4) is 5.75 Å². The van der Waals surface area contributed by atoms with Crippen molar-refractivity contribution in [1.29, 1.82) is 0 Å². The lowest BCUT2D eigenvalue weighted by atomic mass is 9.89. The Morgan fingerprint density at radius 3 is 2.36 bits per heavy atom. The standard InChI is InChI=1S/C21H32N2O2/c1-22(15-17-5-3-2-4-6-17)21(25)16-23-13-11-19(12-14-23)18-7-9-20(24)10-8-18/h7-10,17,19,24H,2-6,11-16H2,1H3. The van der Waals surface area contributed by atoms with Gasteiger partial charge in [-0.2, -0.15) is 0 Å². The maximum Gasteiger partial charge on any atom is 0.236 e. The highest BCUT2D eigenvalue weighted by Crippen LogP contribution is 2.29. The number of carbonyl (C=O) groups is 1. The Labute approximate surface area is 151 Å². The summed E-state index contributed by atoms with van der Waals surface area (Å²) >= 11 is 0. The summed E-state index contributed by atoms with van der Waals surface area (Å²) in [5, 5.41) is 9.42. The lowest BCUT2D eigenvalue weighted by molar-refractivity contribution is -0.132. The molecule has 0 aromatic heterocycles. The minimum Gasteiger partial charge on any atom is -0.508 e. The zero-order valence-electron chi connectivity index (χ0n) is 15.5. The van der Waals surface area contributed by atoms with Gasteiger partial charge < -0.3 is 10.0 Å². The number of piperidine rings is 1. The van der Waals surface area contributed by atoms with Gasteiger partial charge in [-0.15, -0.1) is 0 Å². The van der Waals surface area contributed by atoms with Crippen molar-refractivity contribution < 1.29 is 9.90 Å². The van der Waals surface area contributed by atoms with E-state index in [1.807, 2.05) is 24.1 Å². The van der Waals surface area contributed by atoms with E-state index in [0.717, 1.165) is 32.5 Å². The number of phenols is 1. The molecule has 2 fully saturated rings. The highest BCUT2D eigenvalue weighted by Gasteiger charge is 2.24. The van der Waals surface area contributed by atoms with Gasteiger partial charge in [-0.1, -0.05) is 31.4 Å². The first-order valence-corrected chi connectivity index (χ1v) is 9.87. The average Bonchev–Trinajstić information content (AvgIpc) is 2.64. The molecular weight excluding hydrogens is 312 g/mol. The minimum absolute atomic E-state index is 0.272. The summed E-state index contributed by atoms with van der Waals surface area (Å²) in [4.78, 5) is 16.8. The van der Waals surface area contributed by atoms with Crippen LogP contribution < -0.4 is 0 Å². The zero-order chi connectivity index (χ0) is 17.6. The highest BCUT2D eigenvalue weighted by atomic mass is 16.3. The summed E-state index contributed by atoms with van der Waals surface area (Å²) in [7, 11) is 1.97. The number of likely N-dealkylation sites (tertiary alicyclic amines) is 1. The fourth-order valence-corrected chi connectivity index (χ4v) is 4.34. The van der Waals surface area contributed by atoms with Crippen LogP contribution in [-0.2, 0) is 4.79 Å². The Morgan fingerprint density at radius 1 is 1.08 bits per heavy atom. The van der Waals surface area contributed by atoms with E-state index in [2.05, 4.69) is 4.90 Å². The first-order valence-electron chi connectivity index (χ1n) is 9.87. The monoisotopic (exact) mass is 344 g/mol. The fraction of sp³-hybridized carbons (Fsp3) is 0.667. The fourth-order valence-electron chi connectivity index (χ4n) is 4.34. The molecular formula is C21H32N2O2. The average molecular weight is 344 g/mol. The number of phenolic OH excluding ortho intramolecular Hbond substituents is 1. The molecule has 1 aliphatic heterocycles. The number of likely N-dealkylation sites (N-methyl/N-ethyl adjacent to an activating group) is 1. The summed E-state index contributed by atoms with van der Waals surface area (Å²) in [6, 6.07) is 7.59. The van der Waals surface area contributed by atoms with Crippen LogP contribution in [0.2, 0.25) is 0 Å². The molecule has 25 heavy (non-hydrogen) atoms. The van der Waals surface area contributed by atoms with Gasteiger partial charge in [0.2, 0.25) is 5.91 Å². The normalized spacial score (nSPS) is 20.5. The third-order valence-corrected chi connectivity index (χ3v) is 5.99. The van der Waals surface area contributed by atoms with Crippen LogP contribution in [0.3, 0.4) is 0 Å². The molecule has 0 unspecified atom stereocenters. The number of nitrogens with zero attached hydrogens (tertiary/aromatic N) is 2. The van der Waals surface area contributed by atoms with Crippen molar-refractivity contribution in [3.05, 3.63) is 29.8 Å². The topological polar surface area (TPSA) is 43.8 Å². The largest absolute Gasteiger partial charge is 0.508 e. The predicted molar refractivity (Wildman–Crippen MR) is 101 cm³/mol. The van der Waals surface area contributed by atoms with E-state index in [9.17, 15) is 9.90 Å². The number of amides is 1. The van der Waals surface area contributed by atoms with Gasteiger partial charge >= 0.3 is 0 Å². The van der Waals surface area contributed by atoms with Crippen LogP contribution in [-0.4, -0.2) is 54.0 Å². The Bertz CT molecular complexity index is 544. The van der Waals surface area contributed by atoms with Gasteiger partial charge in [0, 0.05) is 13.6 Å². The van der Waals surface area contributed by atoms with Crippen LogP contribution in [0, 0.1) is 5.92 Å². The molecule has 1 aromatic rings. The molecule has 1 aliphatic carbocycles. The summed E-state index contributed by atoms with van der Waals surface area (Å²) in [5.41, 5.74) is 1.30. The van der Waals surface area contributed by atoms with E-state index in [-0.39, 0.29) is 5.91 Å². The zero-order valence-corrected chi connectivity index (χ0v) is 15.5. The Kier molecular flexibility index (Phi) is 6.35. The van der Waals surface area contributed by atoms with E-state index in [1.54, 1.807) is 12.1 Å². The number of hydrogen-bond donors (Lipinski definition) is 1. The molecule has 1 saturated carbocycles. The first kappa shape index (κ1) is 18.2. The second-order valence-electron chi connectivity index (χ2n) is 7.92. The first-order chi connectivity index (χ1) is 12.1. The maximum atomic E-state index is 12.5. The van der Waals surface area contributed by atoms with Gasteiger partial charge in [-0.05, 0) is 68.3 Å². The van der Waals surface area contributed by atoms with Crippen molar-refractivity contribution in [1.82, 2.24) is 9.80 Å². The SMILES string of the molecule is CN(CC1CCCCC1)C(=O)CN1CCC(c2ccc(O)cc2)CC1. The van der Waals surface area contributed by atoms with E-state index >= 15 is 0 Å². The molecule has 1 heterocycles. The molecule has 0 atom stereocenters. The molecule has 1 N–H and O–H groups in total. The molecule has 4 heteroatoms. The number of carbonyl (C=O) groups excluding carboxylic acids is 1. The van der Waals surface area contributed by atoms with E-state index in [1.165, 1.54) is 37.7 Å². The summed E-state index contributed by atoms with van der Waals surface area (Å²) < 4.78 is 0. The third-order valence-electron chi connectivity index (χ3n) is 5.99. The lowest BCUT2D eigenvalue weighted by Crippen LogP contribution is -2.43. The van der Waals surface area contributed by atoms with Crippen LogP contribution in [0.4, 0.5) is 0 Å². The smallest absolute Gasteiger partial charge is 0.236 e. The van der Waals surface area contributed by atoms with Crippen molar-refractivity contribution >= 4 is 5.91 Å². The van der Waals surface area contributed by atoms with Gasteiger partial charge in [-0.3, -0.25) is 9.69 Å². The van der Waals surface area contributed by atoms with Gasteiger partial charge in [0.05, 0.1) is 6.54 Å². The van der Waals surface area contributed by atoms with Crippen LogP contribution in [0.15, 0.2) is 24.3 Å². The molecule has 3 rings (SSSR count).